The van der Waals surface area contributed by atoms with Gasteiger partial charge in [0.05, 0.1) is 12.8 Å². The van der Waals surface area contributed by atoms with Crippen LogP contribution >= 0.6 is 0 Å². The molecule has 0 aliphatic rings. The van der Waals surface area contributed by atoms with Crippen LogP contribution in [0.3, 0.4) is 0 Å². The molecule has 5 nitrogen and oxygen atoms in total. The average Bonchev–Trinajstić information content (AvgIpc) is 2.95. The molecular weight excluding hydrogens is 206 g/mol. The van der Waals surface area contributed by atoms with E-state index >= 15 is 0 Å². The van der Waals surface area contributed by atoms with Gasteiger partial charge in [0.1, 0.15) is 5.76 Å². The van der Waals surface area contributed by atoms with E-state index in [2.05, 4.69) is 15.5 Å². The normalized spacial score (nSPS) is 10.8. The SMILES string of the molecule is CCNCc1nnc(CCc2ccco2)o1. The van der Waals surface area contributed by atoms with Crippen LogP contribution < -0.4 is 5.32 Å². The number of nitrogens with one attached hydrogen (secondary N) is 1. The summed E-state index contributed by atoms with van der Waals surface area (Å²) >= 11 is 0. The van der Waals surface area contributed by atoms with Gasteiger partial charge >= 0.3 is 0 Å². The number of rotatable bonds is 6. The molecule has 0 spiro atoms. The van der Waals surface area contributed by atoms with Crippen LogP contribution in [-0.4, -0.2) is 16.7 Å². The average molecular weight is 221 g/mol. The Labute approximate surface area is 93.9 Å². The largest absolute Gasteiger partial charge is 0.469 e. The third-order valence-electron chi connectivity index (χ3n) is 2.20. The van der Waals surface area contributed by atoms with E-state index in [0.29, 0.717) is 24.7 Å². The lowest BCUT2D eigenvalue weighted by atomic mass is 10.2. The Morgan fingerprint density at radius 1 is 1.25 bits per heavy atom. The zero-order valence-corrected chi connectivity index (χ0v) is 9.27. The molecule has 0 unspecified atom stereocenters. The number of furan rings is 1. The van der Waals surface area contributed by atoms with Crippen molar-refractivity contribution in [2.75, 3.05) is 6.54 Å². The van der Waals surface area contributed by atoms with Gasteiger partial charge in [-0.05, 0) is 18.7 Å². The molecule has 5 heteroatoms. The topological polar surface area (TPSA) is 64.1 Å². The van der Waals surface area contributed by atoms with Crippen LogP contribution in [0.15, 0.2) is 27.2 Å². The van der Waals surface area contributed by atoms with Crippen molar-refractivity contribution in [3.8, 4) is 0 Å². The highest BCUT2D eigenvalue weighted by Gasteiger charge is 2.06. The summed E-state index contributed by atoms with van der Waals surface area (Å²) in [6.45, 7) is 3.56. The van der Waals surface area contributed by atoms with Gasteiger partial charge < -0.3 is 14.2 Å². The number of aryl methyl sites for hydroxylation is 2. The van der Waals surface area contributed by atoms with Gasteiger partial charge in [-0.2, -0.15) is 0 Å². The summed E-state index contributed by atoms with van der Waals surface area (Å²) in [5.74, 6) is 2.23. The summed E-state index contributed by atoms with van der Waals surface area (Å²) in [5, 5.41) is 11.0. The Morgan fingerprint density at radius 2 is 2.12 bits per heavy atom. The summed E-state index contributed by atoms with van der Waals surface area (Å²) < 4.78 is 10.7. The van der Waals surface area contributed by atoms with Crippen molar-refractivity contribution < 1.29 is 8.83 Å². The second kappa shape index (κ2) is 5.46. The molecule has 16 heavy (non-hydrogen) atoms. The first-order chi connectivity index (χ1) is 7.88. The lowest BCUT2D eigenvalue weighted by Gasteiger charge is -1.94. The highest BCUT2D eigenvalue weighted by molar-refractivity contribution is 4.99. The van der Waals surface area contributed by atoms with E-state index in [1.54, 1.807) is 6.26 Å². The van der Waals surface area contributed by atoms with E-state index in [9.17, 15) is 0 Å². The van der Waals surface area contributed by atoms with Crippen LogP contribution in [0.25, 0.3) is 0 Å². The highest BCUT2D eigenvalue weighted by atomic mass is 16.4. The first-order valence-corrected chi connectivity index (χ1v) is 5.43. The minimum atomic E-state index is 0.629. The van der Waals surface area contributed by atoms with Gasteiger partial charge in [-0.1, -0.05) is 6.92 Å². The molecule has 2 heterocycles. The van der Waals surface area contributed by atoms with E-state index < -0.39 is 0 Å². The maximum atomic E-state index is 5.46. The quantitative estimate of drug-likeness (QED) is 0.801. The molecule has 2 aromatic rings. The van der Waals surface area contributed by atoms with E-state index in [4.69, 9.17) is 8.83 Å². The molecule has 0 atom stereocenters. The third-order valence-corrected chi connectivity index (χ3v) is 2.20. The summed E-state index contributed by atoms with van der Waals surface area (Å²) in [7, 11) is 0. The van der Waals surface area contributed by atoms with Gasteiger partial charge in [0.15, 0.2) is 0 Å². The first kappa shape index (κ1) is 10.9. The fourth-order valence-corrected chi connectivity index (χ4v) is 1.38. The zero-order chi connectivity index (χ0) is 11.2. The fourth-order valence-electron chi connectivity index (χ4n) is 1.38. The number of hydrogen-bond donors (Lipinski definition) is 1. The van der Waals surface area contributed by atoms with Crippen molar-refractivity contribution in [2.24, 2.45) is 0 Å². The molecule has 0 bridgehead atoms. The molecule has 0 fully saturated rings. The molecule has 0 aliphatic carbocycles. The van der Waals surface area contributed by atoms with Crippen LogP contribution in [0.5, 0.6) is 0 Å². The van der Waals surface area contributed by atoms with Crippen LogP contribution in [-0.2, 0) is 19.4 Å². The number of nitrogens with zero attached hydrogens (tertiary/aromatic N) is 2. The van der Waals surface area contributed by atoms with Crippen LogP contribution in [0.2, 0.25) is 0 Å². The smallest absolute Gasteiger partial charge is 0.230 e. The van der Waals surface area contributed by atoms with Crippen LogP contribution in [0.1, 0.15) is 24.5 Å². The van der Waals surface area contributed by atoms with Crippen LogP contribution in [0.4, 0.5) is 0 Å². The third kappa shape index (κ3) is 2.93. The summed E-state index contributed by atoms with van der Waals surface area (Å²) in [4.78, 5) is 0. The Morgan fingerprint density at radius 3 is 2.88 bits per heavy atom. The van der Waals surface area contributed by atoms with E-state index in [-0.39, 0.29) is 0 Å². The van der Waals surface area contributed by atoms with Gasteiger partial charge in [0, 0.05) is 12.8 Å². The minimum absolute atomic E-state index is 0.629. The summed E-state index contributed by atoms with van der Waals surface area (Å²) in [6, 6.07) is 3.82. The van der Waals surface area contributed by atoms with Crippen LogP contribution in [0, 0.1) is 0 Å². The second-order valence-corrected chi connectivity index (χ2v) is 3.45. The monoisotopic (exact) mass is 221 g/mol. The Hall–Kier alpha value is -1.62. The van der Waals surface area contributed by atoms with Crippen molar-refractivity contribution >= 4 is 0 Å². The van der Waals surface area contributed by atoms with Gasteiger partial charge in [-0.15, -0.1) is 10.2 Å². The molecule has 86 valence electrons. The Balaban J connectivity index is 1.83. The maximum absolute atomic E-state index is 5.46. The molecule has 0 amide bonds. The van der Waals surface area contributed by atoms with E-state index in [1.165, 1.54) is 0 Å². The number of aromatic nitrogens is 2. The summed E-state index contributed by atoms with van der Waals surface area (Å²) in [5.41, 5.74) is 0. The molecule has 2 aromatic heterocycles. The van der Waals surface area contributed by atoms with Gasteiger partial charge in [0.25, 0.3) is 0 Å². The standard InChI is InChI=1S/C11H15N3O2/c1-2-12-8-11-14-13-10(16-11)6-5-9-4-3-7-15-9/h3-4,7,12H,2,5-6,8H2,1H3. The first-order valence-electron chi connectivity index (χ1n) is 5.43. The highest BCUT2D eigenvalue weighted by Crippen LogP contribution is 2.07. The molecular formula is C11H15N3O2. The van der Waals surface area contributed by atoms with Crippen molar-refractivity contribution in [1.29, 1.82) is 0 Å². The molecule has 0 aliphatic heterocycles. The molecule has 0 saturated heterocycles. The molecule has 0 radical (unpaired) electrons. The number of hydrogen-bond acceptors (Lipinski definition) is 5. The lowest BCUT2D eigenvalue weighted by molar-refractivity contribution is 0.425. The van der Waals surface area contributed by atoms with Crippen molar-refractivity contribution in [3.05, 3.63) is 35.9 Å². The predicted octanol–water partition coefficient (Wildman–Crippen LogP) is 1.56. The van der Waals surface area contributed by atoms with Crippen molar-refractivity contribution in [3.63, 3.8) is 0 Å². The second-order valence-electron chi connectivity index (χ2n) is 3.45. The molecule has 2 rings (SSSR count). The van der Waals surface area contributed by atoms with E-state index in [0.717, 1.165) is 18.7 Å². The zero-order valence-electron chi connectivity index (χ0n) is 9.27. The fraction of sp³-hybridized carbons (Fsp3) is 0.455. The molecule has 0 saturated carbocycles. The molecule has 1 N–H and O–H groups in total. The summed E-state index contributed by atoms with van der Waals surface area (Å²) in [6.07, 6.45) is 3.17. The Kier molecular flexibility index (Phi) is 3.71. The van der Waals surface area contributed by atoms with E-state index in [1.807, 2.05) is 19.1 Å². The predicted molar refractivity (Wildman–Crippen MR) is 57.8 cm³/mol. The van der Waals surface area contributed by atoms with Gasteiger partial charge in [0.2, 0.25) is 11.8 Å². The van der Waals surface area contributed by atoms with Gasteiger partial charge in [-0.3, -0.25) is 0 Å². The Bertz CT molecular complexity index is 409. The van der Waals surface area contributed by atoms with Crippen molar-refractivity contribution in [1.82, 2.24) is 15.5 Å². The lowest BCUT2D eigenvalue weighted by Crippen LogP contribution is -2.11. The minimum Gasteiger partial charge on any atom is -0.469 e. The van der Waals surface area contributed by atoms with Gasteiger partial charge in [-0.25, -0.2) is 0 Å². The molecule has 0 aromatic carbocycles. The van der Waals surface area contributed by atoms with Crippen molar-refractivity contribution in [2.45, 2.75) is 26.3 Å². The maximum Gasteiger partial charge on any atom is 0.230 e.